The summed E-state index contributed by atoms with van der Waals surface area (Å²) in [7, 11) is 3.42. The maximum absolute atomic E-state index is 12.2. The van der Waals surface area contributed by atoms with E-state index in [1.54, 1.807) is 19.1 Å². The van der Waals surface area contributed by atoms with Crippen LogP contribution in [0.1, 0.15) is 33.1 Å². The Balaban J connectivity index is 2.62. The summed E-state index contributed by atoms with van der Waals surface area (Å²) in [6.07, 6.45) is 2.31. The van der Waals surface area contributed by atoms with Crippen molar-refractivity contribution in [3.63, 3.8) is 0 Å². The number of amides is 1. The van der Waals surface area contributed by atoms with Gasteiger partial charge >= 0.3 is 0 Å². The third-order valence-corrected chi connectivity index (χ3v) is 3.65. The second-order valence-corrected chi connectivity index (χ2v) is 5.86. The largest absolute Gasteiger partial charge is 0.497 e. The van der Waals surface area contributed by atoms with E-state index in [0.29, 0.717) is 13.0 Å². The summed E-state index contributed by atoms with van der Waals surface area (Å²) in [5.74, 6) is 0.869. The Morgan fingerprint density at radius 3 is 2.65 bits per heavy atom. The number of carbonyl (C=O) groups is 1. The average molecular weight is 278 g/mol. The summed E-state index contributed by atoms with van der Waals surface area (Å²) < 4.78 is 5.18. The molecule has 0 atom stereocenters. The SMILES string of the molecule is COc1cccc(N(C)C(=O)CCC(C)(C)CCN)c1. The number of carbonyl (C=O) groups excluding carboxylic acids is 1. The predicted octanol–water partition coefficient (Wildman–Crippen LogP) is 2.81. The van der Waals surface area contributed by atoms with E-state index in [-0.39, 0.29) is 11.3 Å². The number of nitrogens with two attached hydrogens (primary N) is 1. The molecule has 4 heteroatoms. The molecule has 0 saturated carbocycles. The highest BCUT2D eigenvalue weighted by molar-refractivity contribution is 5.92. The number of benzene rings is 1. The van der Waals surface area contributed by atoms with Crippen LogP contribution in [-0.2, 0) is 4.79 Å². The van der Waals surface area contributed by atoms with Crippen LogP contribution in [0.5, 0.6) is 5.75 Å². The summed E-state index contributed by atoms with van der Waals surface area (Å²) in [6, 6.07) is 7.52. The van der Waals surface area contributed by atoms with E-state index in [2.05, 4.69) is 13.8 Å². The number of hydrogen-bond donors (Lipinski definition) is 1. The summed E-state index contributed by atoms with van der Waals surface area (Å²) in [5, 5.41) is 0. The van der Waals surface area contributed by atoms with Crippen molar-refractivity contribution in [1.29, 1.82) is 0 Å². The maximum atomic E-state index is 12.2. The highest BCUT2D eigenvalue weighted by atomic mass is 16.5. The molecule has 2 N–H and O–H groups in total. The first-order valence-corrected chi connectivity index (χ1v) is 7.00. The number of hydrogen-bond acceptors (Lipinski definition) is 3. The topological polar surface area (TPSA) is 55.6 Å². The molecule has 0 unspecified atom stereocenters. The molecule has 1 aromatic carbocycles. The molecule has 0 aliphatic heterocycles. The van der Waals surface area contributed by atoms with Crippen LogP contribution in [0.4, 0.5) is 5.69 Å². The van der Waals surface area contributed by atoms with Crippen LogP contribution in [0, 0.1) is 5.41 Å². The van der Waals surface area contributed by atoms with Gasteiger partial charge in [0.05, 0.1) is 7.11 Å². The van der Waals surface area contributed by atoms with Crippen molar-refractivity contribution in [2.45, 2.75) is 33.1 Å². The molecular weight excluding hydrogens is 252 g/mol. The van der Waals surface area contributed by atoms with Crippen LogP contribution in [-0.4, -0.2) is 26.6 Å². The second-order valence-electron chi connectivity index (χ2n) is 5.86. The van der Waals surface area contributed by atoms with Crippen LogP contribution in [0.3, 0.4) is 0 Å². The van der Waals surface area contributed by atoms with E-state index in [4.69, 9.17) is 10.5 Å². The zero-order chi connectivity index (χ0) is 15.2. The minimum Gasteiger partial charge on any atom is -0.497 e. The Morgan fingerprint density at radius 2 is 2.05 bits per heavy atom. The Kier molecular flexibility index (Phi) is 6.02. The molecular formula is C16H26N2O2. The van der Waals surface area contributed by atoms with Gasteiger partial charge in [-0.3, -0.25) is 4.79 Å². The molecule has 0 bridgehead atoms. The molecule has 0 aromatic heterocycles. The van der Waals surface area contributed by atoms with E-state index in [0.717, 1.165) is 24.3 Å². The molecule has 1 amide bonds. The van der Waals surface area contributed by atoms with E-state index in [1.807, 2.05) is 24.3 Å². The van der Waals surface area contributed by atoms with Gasteiger partial charge in [0.2, 0.25) is 5.91 Å². The summed E-state index contributed by atoms with van der Waals surface area (Å²) >= 11 is 0. The molecule has 20 heavy (non-hydrogen) atoms. The van der Waals surface area contributed by atoms with Crippen LogP contribution < -0.4 is 15.4 Å². The number of ether oxygens (including phenoxy) is 1. The van der Waals surface area contributed by atoms with Crippen molar-refractivity contribution in [3.05, 3.63) is 24.3 Å². The van der Waals surface area contributed by atoms with Gasteiger partial charge in [0.25, 0.3) is 0 Å². The average Bonchev–Trinajstić information content (AvgIpc) is 2.44. The van der Waals surface area contributed by atoms with Gasteiger partial charge in [-0.25, -0.2) is 0 Å². The molecule has 0 aliphatic rings. The number of nitrogens with zero attached hydrogens (tertiary/aromatic N) is 1. The van der Waals surface area contributed by atoms with Crippen molar-refractivity contribution in [1.82, 2.24) is 0 Å². The lowest BCUT2D eigenvalue weighted by molar-refractivity contribution is -0.118. The first-order chi connectivity index (χ1) is 9.39. The third-order valence-electron chi connectivity index (χ3n) is 3.65. The Labute approximate surface area is 121 Å². The first kappa shape index (κ1) is 16.5. The van der Waals surface area contributed by atoms with Crippen LogP contribution in [0.15, 0.2) is 24.3 Å². The van der Waals surface area contributed by atoms with Gasteiger partial charge in [-0.05, 0) is 36.9 Å². The van der Waals surface area contributed by atoms with Crippen LogP contribution in [0.25, 0.3) is 0 Å². The van der Waals surface area contributed by atoms with Gasteiger partial charge in [0, 0.05) is 25.2 Å². The third kappa shape index (κ3) is 4.85. The molecule has 0 fully saturated rings. The Morgan fingerprint density at radius 1 is 1.35 bits per heavy atom. The lowest BCUT2D eigenvalue weighted by atomic mass is 9.84. The summed E-state index contributed by atoms with van der Waals surface area (Å²) in [4.78, 5) is 13.9. The molecule has 1 rings (SSSR count). The summed E-state index contributed by atoms with van der Waals surface area (Å²) in [5.41, 5.74) is 6.56. The fraction of sp³-hybridized carbons (Fsp3) is 0.562. The molecule has 0 saturated heterocycles. The molecule has 112 valence electrons. The van der Waals surface area contributed by atoms with E-state index in [9.17, 15) is 4.79 Å². The van der Waals surface area contributed by atoms with Gasteiger partial charge in [0.1, 0.15) is 5.75 Å². The molecule has 4 nitrogen and oxygen atoms in total. The van der Waals surface area contributed by atoms with E-state index >= 15 is 0 Å². The predicted molar refractivity (Wildman–Crippen MR) is 83.1 cm³/mol. The summed E-state index contributed by atoms with van der Waals surface area (Å²) in [6.45, 7) is 4.96. The Hall–Kier alpha value is -1.55. The fourth-order valence-electron chi connectivity index (χ4n) is 2.09. The van der Waals surface area contributed by atoms with Gasteiger partial charge < -0.3 is 15.4 Å². The quantitative estimate of drug-likeness (QED) is 0.834. The van der Waals surface area contributed by atoms with Crippen molar-refractivity contribution in [2.75, 3.05) is 25.6 Å². The number of rotatable bonds is 7. The smallest absolute Gasteiger partial charge is 0.226 e. The highest BCUT2D eigenvalue weighted by Crippen LogP contribution is 2.27. The Bertz CT molecular complexity index is 444. The first-order valence-electron chi connectivity index (χ1n) is 7.00. The second kappa shape index (κ2) is 7.29. The minimum atomic E-state index is 0.111. The number of anilines is 1. The van der Waals surface area contributed by atoms with Gasteiger partial charge in [-0.1, -0.05) is 19.9 Å². The molecule has 0 heterocycles. The normalized spacial score (nSPS) is 11.2. The van der Waals surface area contributed by atoms with E-state index < -0.39 is 0 Å². The lowest BCUT2D eigenvalue weighted by Crippen LogP contribution is -2.28. The maximum Gasteiger partial charge on any atom is 0.226 e. The van der Waals surface area contributed by atoms with Gasteiger partial charge in [-0.2, -0.15) is 0 Å². The highest BCUT2D eigenvalue weighted by Gasteiger charge is 2.20. The van der Waals surface area contributed by atoms with Crippen molar-refractivity contribution >= 4 is 11.6 Å². The standard InChI is InChI=1S/C16H26N2O2/c1-16(2,10-11-17)9-8-15(19)18(3)13-6-5-7-14(12-13)20-4/h5-7,12H,8-11,17H2,1-4H3. The number of methoxy groups -OCH3 is 1. The van der Waals surface area contributed by atoms with Gasteiger partial charge in [-0.15, -0.1) is 0 Å². The van der Waals surface area contributed by atoms with Crippen molar-refractivity contribution in [3.8, 4) is 5.75 Å². The molecule has 1 aromatic rings. The zero-order valence-electron chi connectivity index (χ0n) is 13.0. The minimum absolute atomic E-state index is 0.111. The molecule has 0 radical (unpaired) electrons. The van der Waals surface area contributed by atoms with Crippen molar-refractivity contribution < 1.29 is 9.53 Å². The van der Waals surface area contributed by atoms with Crippen molar-refractivity contribution in [2.24, 2.45) is 11.1 Å². The monoisotopic (exact) mass is 278 g/mol. The molecule has 0 spiro atoms. The molecule has 0 aliphatic carbocycles. The van der Waals surface area contributed by atoms with Gasteiger partial charge in [0.15, 0.2) is 0 Å². The van der Waals surface area contributed by atoms with Crippen LogP contribution >= 0.6 is 0 Å². The fourth-order valence-corrected chi connectivity index (χ4v) is 2.09. The zero-order valence-corrected chi connectivity index (χ0v) is 13.0. The van der Waals surface area contributed by atoms with E-state index in [1.165, 1.54) is 0 Å². The van der Waals surface area contributed by atoms with Crippen LogP contribution in [0.2, 0.25) is 0 Å². The lowest BCUT2D eigenvalue weighted by Gasteiger charge is -2.25.